The van der Waals surface area contributed by atoms with E-state index in [2.05, 4.69) is 139 Å². The van der Waals surface area contributed by atoms with Gasteiger partial charge in [0.2, 0.25) is 0 Å². The molecule has 2 nitrogen and oxygen atoms in total. The summed E-state index contributed by atoms with van der Waals surface area (Å²) < 4.78 is 2.03. The van der Waals surface area contributed by atoms with Crippen LogP contribution in [0.3, 0.4) is 0 Å². The number of aryl methyl sites for hydroxylation is 1. The summed E-state index contributed by atoms with van der Waals surface area (Å²) in [6, 6.07) is 36.0. The number of pyridine rings is 1. The highest BCUT2D eigenvalue weighted by molar-refractivity contribution is 6.25. The molecule has 0 bridgehead atoms. The van der Waals surface area contributed by atoms with Crippen LogP contribution < -0.4 is 5.43 Å². The molecule has 0 aliphatic carbocycles. The highest BCUT2D eigenvalue weighted by Gasteiger charge is 2.20. The van der Waals surface area contributed by atoms with Crippen molar-refractivity contribution in [3.63, 3.8) is 0 Å². The van der Waals surface area contributed by atoms with E-state index in [0.29, 0.717) is 0 Å². The predicted octanol–water partition coefficient (Wildman–Crippen LogP) is 12.1. The highest BCUT2D eigenvalue weighted by atomic mass is 16.1. The van der Waals surface area contributed by atoms with Gasteiger partial charge in [0, 0.05) is 30.6 Å². The number of rotatable bonds is 2. The van der Waals surface area contributed by atoms with E-state index in [1.165, 1.54) is 54.2 Å². The lowest BCUT2D eigenvalue weighted by molar-refractivity contribution is 0.591. The van der Waals surface area contributed by atoms with Crippen LogP contribution in [0.5, 0.6) is 0 Å². The maximum atomic E-state index is 14.5. The summed E-state index contributed by atoms with van der Waals surface area (Å²) in [5.74, 6) is 0. The maximum absolute atomic E-state index is 14.5. The van der Waals surface area contributed by atoms with Gasteiger partial charge in [-0.1, -0.05) is 114 Å². The Morgan fingerprint density at radius 3 is 0.917 bits per heavy atom. The van der Waals surface area contributed by atoms with Crippen molar-refractivity contribution in [3.8, 4) is 22.3 Å². The van der Waals surface area contributed by atoms with Gasteiger partial charge < -0.3 is 4.57 Å². The van der Waals surface area contributed by atoms with Gasteiger partial charge in [-0.05, 0) is 122 Å². The molecule has 0 spiro atoms. The van der Waals surface area contributed by atoms with E-state index < -0.39 is 0 Å². The van der Waals surface area contributed by atoms with E-state index >= 15 is 0 Å². The number of hydrogen-bond acceptors (Lipinski definition) is 1. The van der Waals surface area contributed by atoms with Crippen LogP contribution in [-0.4, -0.2) is 4.57 Å². The summed E-state index contributed by atoms with van der Waals surface area (Å²) in [6.45, 7) is 13.6. The lowest BCUT2D eigenvalue weighted by atomic mass is 9.83. The second kappa shape index (κ2) is 9.67. The fraction of sp³-hybridized carbons (Fsp3) is 0.196. The first-order valence-electron chi connectivity index (χ1n) is 17.0. The normalized spacial score (nSPS) is 13.0. The molecule has 9 rings (SSSR count). The molecule has 0 radical (unpaired) electrons. The van der Waals surface area contributed by atoms with Crippen molar-refractivity contribution in [2.75, 3.05) is 0 Å². The molecule has 1 aromatic heterocycles. The van der Waals surface area contributed by atoms with Gasteiger partial charge in [-0.3, -0.25) is 4.79 Å². The lowest BCUT2D eigenvalue weighted by Gasteiger charge is -2.22. The Kier molecular flexibility index (Phi) is 5.84. The summed E-state index contributed by atoms with van der Waals surface area (Å²) in [7, 11) is 2.02. The zero-order valence-corrected chi connectivity index (χ0v) is 28.7. The van der Waals surface area contributed by atoms with Crippen LogP contribution in [-0.2, 0) is 17.9 Å². The minimum Gasteiger partial charge on any atom is -0.356 e. The first-order valence-corrected chi connectivity index (χ1v) is 17.0. The Balaban J connectivity index is 1.21. The largest absolute Gasteiger partial charge is 0.356 e. The monoisotopic (exact) mass is 621 g/mol. The Morgan fingerprint density at radius 2 is 0.667 bits per heavy atom. The molecule has 0 aliphatic rings. The van der Waals surface area contributed by atoms with Crippen LogP contribution in [0.1, 0.15) is 52.7 Å². The smallest absolute Gasteiger partial charge is 0.197 e. The molecular weight excluding hydrogens is 583 g/mol. The Morgan fingerprint density at radius 1 is 0.417 bits per heavy atom. The maximum Gasteiger partial charge on any atom is 0.197 e. The van der Waals surface area contributed by atoms with Gasteiger partial charge in [-0.2, -0.15) is 0 Å². The topological polar surface area (TPSA) is 22.0 Å². The quantitative estimate of drug-likeness (QED) is 0.176. The fourth-order valence-corrected chi connectivity index (χ4v) is 7.97. The number of hydrogen-bond donors (Lipinski definition) is 0. The van der Waals surface area contributed by atoms with Gasteiger partial charge in [0.25, 0.3) is 0 Å². The minimum atomic E-state index is 0.0540. The zero-order valence-electron chi connectivity index (χ0n) is 28.7. The van der Waals surface area contributed by atoms with Crippen LogP contribution in [0.4, 0.5) is 0 Å². The van der Waals surface area contributed by atoms with E-state index in [-0.39, 0.29) is 16.3 Å². The molecule has 0 N–H and O–H groups in total. The predicted molar refractivity (Wildman–Crippen MR) is 207 cm³/mol. The standard InChI is InChI=1S/C46H39NO/c1-45(2,3)36-20-30-12-8-26-16-34(17-27-9-13-31(21-36)42(30)40(26)27)38-24-47(7)25-39(44(38)48)35-18-28-10-14-32-22-37(46(4,5)6)23-33-15-11-29(19-35)41(28)43(32)33/h8-25H,1-7H3. The second-order valence-electron chi connectivity index (χ2n) is 16.0. The molecule has 0 fully saturated rings. The summed E-state index contributed by atoms with van der Waals surface area (Å²) in [5, 5.41) is 14.9. The molecule has 0 aliphatic heterocycles. The van der Waals surface area contributed by atoms with Crippen molar-refractivity contribution in [1.29, 1.82) is 0 Å². The molecule has 0 amide bonds. The summed E-state index contributed by atoms with van der Waals surface area (Å²) in [6.07, 6.45) is 3.96. The van der Waals surface area contributed by atoms with Crippen molar-refractivity contribution < 1.29 is 0 Å². The van der Waals surface area contributed by atoms with Crippen molar-refractivity contribution in [2.24, 2.45) is 7.05 Å². The third-order valence-electron chi connectivity index (χ3n) is 10.6. The first kappa shape index (κ1) is 29.0. The summed E-state index contributed by atoms with van der Waals surface area (Å²) >= 11 is 0. The van der Waals surface area contributed by atoms with Gasteiger partial charge >= 0.3 is 0 Å². The molecule has 2 heteroatoms. The van der Waals surface area contributed by atoms with Crippen molar-refractivity contribution in [1.82, 2.24) is 4.57 Å². The Labute approximate surface area is 280 Å². The molecule has 48 heavy (non-hydrogen) atoms. The molecule has 0 atom stereocenters. The molecule has 0 saturated carbocycles. The third-order valence-corrected chi connectivity index (χ3v) is 10.6. The average Bonchev–Trinajstić information content (AvgIpc) is 3.05. The second-order valence-corrected chi connectivity index (χ2v) is 16.0. The Hall–Kier alpha value is -5.21. The fourth-order valence-electron chi connectivity index (χ4n) is 7.97. The first-order chi connectivity index (χ1) is 22.8. The zero-order chi connectivity index (χ0) is 33.3. The number of nitrogens with zero attached hydrogens (tertiary/aromatic N) is 1. The number of aromatic nitrogens is 1. The van der Waals surface area contributed by atoms with Gasteiger partial charge in [0.1, 0.15) is 0 Å². The van der Waals surface area contributed by atoms with Crippen molar-refractivity contribution in [3.05, 3.63) is 131 Å². The average molecular weight is 622 g/mol. The van der Waals surface area contributed by atoms with Gasteiger partial charge in [0.05, 0.1) is 0 Å². The number of benzene rings is 8. The molecule has 234 valence electrons. The van der Waals surface area contributed by atoms with E-state index in [1.807, 2.05) is 24.0 Å². The Bertz CT molecular complexity index is 2490. The third kappa shape index (κ3) is 4.28. The molecule has 9 aromatic rings. The minimum absolute atomic E-state index is 0.0540. The highest BCUT2D eigenvalue weighted by Crippen LogP contribution is 2.41. The molecule has 8 aromatic carbocycles. The molecule has 1 heterocycles. The molecule has 0 unspecified atom stereocenters. The van der Waals surface area contributed by atoms with Crippen LogP contribution >= 0.6 is 0 Å². The van der Waals surface area contributed by atoms with Gasteiger partial charge in [-0.25, -0.2) is 0 Å². The van der Waals surface area contributed by atoms with Gasteiger partial charge in [0.15, 0.2) is 5.43 Å². The summed E-state index contributed by atoms with van der Waals surface area (Å²) in [5.41, 5.74) is 6.23. The van der Waals surface area contributed by atoms with E-state index in [0.717, 1.165) is 43.8 Å². The lowest BCUT2D eigenvalue weighted by Crippen LogP contribution is -2.12. The van der Waals surface area contributed by atoms with Crippen LogP contribution in [0, 0.1) is 0 Å². The SMILES string of the molecule is Cn1cc(-c2cc3ccc4cc(C(C)(C)C)cc5ccc(c2)c3c45)c(=O)c(-c2cc3ccc4cc(C(C)(C)C)cc5ccc(c2)c3c45)c1. The van der Waals surface area contributed by atoms with E-state index in [1.54, 1.807) is 0 Å². The van der Waals surface area contributed by atoms with Crippen LogP contribution in [0.25, 0.3) is 86.9 Å². The van der Waals surface area contributed by atoms with Gasteiger partial charge in [-0.15, -0.1) is 0 Å². The van der Waals surface area contributed by atoms with Crippen LogP contribution in [0.2, 0.25) is 0 Å². The molecule has 0 saturated heterocycles. The van der Waals surface area contributed by atoms with E-state index in [9.17, 15) is 4.79 Å². The van der Waals surface area contributed by atoms with Crippen molar-refractivity contribution in [2.45, 2.75) is 52.4 Å². The summed E-state index contributed by atoms with van der Waals surface area (Å²) in [4.78, 5) is 14.5. The van der Waals surface area contributed by atoms with Crippen molar-refractivity contribution >= 4 is 64.6 Å². The van der Waals surface area contributed by atoms with E-state index in [4.69, 9.17) is 0 Å². The molecular formula is C46H39NO. The van der Waals surface area contributed by atoms with Crippen LogP contribution in [0.15, 0.2) is 114 Å².